The fourth-order valence-electron chi connectivity index (χ4n) is 2.07. The van der Waals surface area contributed by atoms with Gasteiger partial charge in [-0.2, -0.15) is 4.98 Å². The van der Waals surface area contributed by atoms with Crippen LogP contribution in [-0.2, 0) is 0 Å². The third-order valence-electron chi connectivity index (χ3n) is 3.26. The maximum absolute atomic E-state index is 13.9. The number of methoxy groups -OCH3 is 1. The summed E-state index contributed by atoms with van der Waals surface area (Å²) in [5.41, 5.74) is 0.502. The number of benzene rings is 2. The van der Waals surface area contributed by atoms with E-state index in [9.17, 15) is 9.18 Å². The van der Waals surface area contributed by atoms with E-state index in [4.69, 9.17) is 16.3 Å². The van der Waals surface area contributed by atoms with Crippen molar-refractivity contribution in [3.63, 3.8) is 0 Å². The number of carbonyl (C=O) groups is 1. The maximum Gasteiger partial charge on any atom is 0.261 e. The van der Waals surface area contributed by atoms with Crippen LogP contribution < -0.4 is 10.1 Å². The van der Waals surface area contributed by atoms with Gasteiger partial charge in [-0.25, -0.2) is 4.39 Å². The van der Waals surface area contributed by atoms with Crippen LogP contribution in [0.2, 0.25) is 5.02 Å². The number of amides is 1. The summed E-state index contributed by atoms with van der Waals surface area (Å²) >= 11 is 6.08. The molecule has 1 heterocycles. The predicted molar refractivity (Wildman–Crippen MR) is 87.7 cm³/mol. The Morgan fingerprint density at radius 3 is 2.79 bits per heavy atom. The SMILES string of the molecule is COc1ccc(C(=O)Nc2n[nH]c(-c3ccccc3Cl)n2)c(F)c1. The van der Waals surface area contributed by atoms with Crippen LogP contribution in [0.3, 0.4) is 0 Å². The molecule has 0 aliphatic rings. The predicted octanol–water partition coefficient (Wildman–Crippen LogP) is 3.53. The second kappa shape index (κ2) is 6.67. The van der Waals surface area contributed by atoms with E-state index in [-0.39, 0.29) is 11.5 Å². The Labute approximate surface area is 141 Å². The molecule has 0 saturated heterocycles. The normalized spacial score (nSPS) is 10.5. The molecule has 24 heavy (non-hydrogen) atoms. The Morgan fingerprint density at radius 2 is 2.08 bits per heavy atom. The molecule has 1 aromatic heterocycles. The van der Waals surface area contributed by atoms with Gasteiger partial charge in [0.2, 0.25) is 5.95 Å². The summed E-state index contributed by atoms with van der Waals surface area (Å²) < 4.78 is 18.8. The molecule has 8 heteroatoms. The minimum Gasteiger partial charge on any atom is -0.497 e. The molecule has 1 amide bonds. The van der Waals surface area contributed by atoms with Crippen molar-refractivity contribution in [1.82, 2.24) is 15.2 Å². The van der Waals surface area contributed by atoms with Gasteiger partial charge in [-0.15, -0.1) is 5.10 Å². The van der Waals surface area contributed by atoms with Gasteiger partial charge < -0.3 is 4.74 Å². The number of ether oxygens (including phenoxy) is 1. The fraction of sp³-hybridized carbons (Fsp3) is 0.0625. The van der Waals surface area contributed by atoms with Gasteiger partial charge in [0.05, 0.1) is 17.7 Å². The van der Waals surface area contributed by atoms with E-state index >= 15 is 0 Å². The molecule has 0 fully saturated rings. The highest BCUT2D eigenvalue weighted by Crippen LogP contribution is 2.25. The van der Waals surface area contributed by atoms with E-state index in [0.29, 0.717) is 22.2 Å². The standard InChI is InChI=1S/C16H12ClFN4O2/c1-24-9-6-7-11(13(18)8-9)15(23)20-16-19-14(21-22-16)10-4-2-3-5-12(10)17/h2-8H,1H3,(H2,19,20,21,22,23). The molecule has 2 aromatic carbocycles. The molecule has 0 bridgehead atoms. The summed E-state index contributed by atoms with van der Waals surface area (Å²) in [5.74, 6) is -0.632. The monoisotopic (exact) mass is 346 g/mol. The third-order valence-corrected chi connectivity index (χ3v) is 3.59. The highest BCUT2D eigenvalue weighted by Gasteiger charge is 2.16. The van der Waals surface area contributed by atoms with E-state index in [1.165, 1.54) is 19.2 Å². The zero-order valence-electron chi connectivity index (χ0n) is 12.5. The lowest BCUT2D eigenvalue weighted by molar-refractivity contribution is 0.102. The average molecular weight is 347 g/mol. The van der Waals surface area contributed by atoms with E-state index in [0.717, 1.165) is 6.07 Å². The molecule has 0 saturated carbocycles. The summed E-state index contributed by atoms with van der Waals surface area (Å²) in [4.78, 5) is 16.3. The van der Waals surface area contributed by atoms with Crippen molar-refractivity contribution in [2.45, 2.75) is 0 Å². The molecule has 0 atom stereocenters. The van der Waals surface area contributed by atoms with Crippen LogP contribution in [0.5, 0.6) is 5.75 Å². The van der Waals surface area contributed by atoms with Crippen LogP contribution in [0.15, 0.2) is 42.5 Å². The molecular weight excluding hydrogens is 335 g/mol. The number of hydrogen-bond donors (Lipinski definition) is 2. The molecule has 2 N–H and O–H groups in total. The first-order valence-corrected chi connectivity index (χ1v) is 7.28. The minimum atomic E-state index is -0.700. The molecule has 122 valence electrons. The van der Waals surface area contributed by atoms with Crippen LogP contribution >= 0.6 is 11.6 Å². The summed E-state index contributed by atoms with van der Waals surface area (Å²) in [6.45, 7) is 0. The van der Waals surface area contributed by atoms with Gasteiger partial charge >= 0.3 is 0 Å². The second-order valence-electron chi connectivity index (χ2n) is 4.79. The molecule has 3 aromatic rings. The van der Waals surface area contributed by atoms with Crippen LogP contribution in [0.25, 0.3) is 11.4 Å². The highest BCUT2D eigenvalue weighted by molar-refractivity contribution is 6.33. The third kappa shape index (κ3) is 3.21. The van der Waals surface area contributed by atoms with E-state index in [1.807, 2.05) is 0 Å². The van der Waals surface area contributed by atoms with Gasteiger partial charge in [-0.05, 0) is 24.3 Å². The molecular formula is C16H12ClFN4O2. The highest BCUT2D eigenvalue weighted by atomic mass is 35.5. The summed E-state index contributed by atoms with van der Waals surface area (Å²) in [6, 6.07) is 11.0. The van der Waals surface area contributed by atoms with Crippen molar-refractivity contribution in [3.8, 4) is 17.1 Å². The van der Waals surface area contributed by atoms with Gasteiger partial charge in [-0.1, -0.05) is 23.7 Å². The Kier molecular flexibility index (Phi) is 4.43. The van der Waals surface area contributed by atoms with Gasteiger partial charge in [0.25, 0.3) is 5.91 Å². The Morgan fingerprint density at radius 1 is 1.29 bits per heavy atom. The lowest BCUT2D eigenvalue weighted by atomic mass is 10.2. The van der Waals surface area contributed by atoms with E-state index in [1.54, 1.807) is 24.3 Å². The molecule has 0 unspecified atom stereocenters. The van der Waals surface area contributed by atoms with Gasteiger partial charge in [0, 0.05) is 11.6 Å². The molecule has 3 rings (SSSR count). The van der Waals surface area contributed by atoms with E-state index in [2.05, 4.69) is 20.5 Å². The molecule has 6 nitrogen and oxygen atoms in total. The topological polar surface area (TPSA) is 79.9 Å². The number of aromatic amines is 1. The zero-order chi connectivity index (χ0) is 17.1. The van der Waals surface area contributed by atoms with Crippen LogP contribution in [-0.4, -0.2) is 28.2 Å². The number of halogens is 2. The lowest BCUT2D eigenvalue weighted by Gasteiger charge is -2.04. The van der Waals surface area contributed by atoms with Crippen molar-refractivity contribution in [2.75, 3.05) is 12.4 Å². The first-order valence-electron chi connectivity index (χ1n) is 6.90. The van der Waals surface area contributed by atoms with Crippen LogP contribution in [0.1, 0.15) is 10.4 Å². The number of H-pyrrole nitrogens is 1. The summed E-state index contributed by atoms with van der Waals surface area (Å²) in [7, 11) is 1.42. The number of rotatable bonds is 4. The smallest absolute Gasteiger partial charge is 0.261 e. The summed E-state index contributed by atoms with van der Waals surface area (Å²) in [6.07, 6.45) is 0. The first-order chi connectivity index (χ1) is 11.6. The Bertz CT molecular complexity index is 897. The Hall–Kier alpha value is -2.93. The quantitative estimate of drug-likeness (QED) is 0.757. The lowest BCUT2D eigenvalue weighted by Crippen LogP contribution is -2.14. The largest absolute Gasteiger partial charge is 0.497 e. The van der Waals surface area contributed by atoms with Crippen LogP contribution in [0.4, 0.5) is 10.3 Å². The fourth-order valence-corrected chi connectivity index (χ4v) is 2.29. The minimum absolute atomic E-state index is 0.0186. The van der Waals surface area contributed by atoms with Crippen molar-refractivity contribution in [1.29, 1.82) is 0 Å². The molecule has 0 aliphatic carbocycles. The molecule has 0 spiro atoms. The number of carbonyl (C=O) groups excluding carboxylic acids is 1. The van der Waals surface area contributed by atoms with Crippen molar-refractivity contribution >= 4 is 23.5 Å². The number of hydrogen-bond acceptors (Lipinski definition) is 4. The number of nitrogens with one attached hydrogen (secondary N) is 2. The number of aromatic nitrogens is 3. The van der Waals surface area contributed by atoms with Gasteiger partial charge in [0.15, 0.2) is 5.82 Å². The maximum atomic E-state index is 13.9. The number of nitrogens with zero attached hydrogens (tertiary/aromatic N) is 2. The van der Waals surface area contributed by atoms with Crippen molar-refractivity contribution in [3.05, 3.63) is 58.9 Å². The number of anilines is 1. The van der Waals surface area contributed by atoms with Crippen molar-refractivity contribution < 1.29 is 13.9 Å². The van der Waals surface area contributed by atoms with Gasteiger partial charge in [-0.3, -0.25) is 15.2 Å². The summed E-state index contributed by atoms with van der Waals surface area (Å²) in [5, 5.41) is 9.49. The van der Waals surface area contributed by atoms with Gasteiger partial charge in [0.1, 0.15) is 11.6 Å². The van der Waals surface area contributed by atoms with Crippen molar-refractivity contribution in [2.24, 2.45) is 0 Å². The van der Waals surface area contributed by atoms with Crippen LogP contribution in [0, 0.1) is 5.82 Å². The van der Waals surface area contributed by atoms with E-state index < -0.39 is 11.7 Å². The average Bonchev–Trinajstić information content (AvgIpc) is 3.03. The molecule has 0 radical (unpaired) electrons. The first kappa shape index (κ1) is 15.9. The molecule has 0 aliphatic heterocycles. The second-order valence-corrected chi connectivity index (χ2v) is 5.19. The Balaban J connectivity index is 1.80. The zero-order valence-corrected chi connectivity index (χ0v) is 13.3.